The van der Waals surface area contributed by atoms with Gasteiger partial charge in [0.2, 0.25) is 0 Å². The summed E-state index contributed by atoms with van der Waals surface area (Å²) in [5, 5.41) is 3.84. The summed E-state index contributed by atoms with van der Waals surface area (Å²) in [5.41, 5.74) is 3.56. The smallest absolute Gasteiger partial charge is 0.0328 e. The fourth-order valence-corrected chi connectivity index (χ4v) is 3.57. The Bertz CT molecular complexity index is 435. The van der Waals surface area contributed by atoms with Crippen LogP contribution in [0.3, 0.4) is 0 Å². The molecule has 1 saturated carbocycles. The van der Waals surface area contributed by atoms with Gasteiger partial charge in [-0.1, -0.05) is 24.3 Å². The predicted molar refractivity (Wildman–Crippen MR) is 80.5 cm³/mol. The lowest BCUT2D eigenvalue weighted by Gasteiger charge is -2.48. The fourth-order valence-electron chi connectivity index (χ4n) is 3.57. The SMILES string of the molecule is CN(C)C1(CNC2CCc3ccccc3C2)CCC1. The van der Waals surface area contributed by atoms with Gasteiger partial charge in [0.1, 0.15) is 0 Å². The van der Waals surface area contributed by atoms with Crippen LogP contribution in [-0.2, 0) is 12.8 Å². The van der Waals surface area contributed by atoms with E-state index in [9.17, 15) is 0 Å². The number of hydrogen-bond donors (Lipinski definition) is 1. The van der Waals surface area contributed by atoms with Gasteiger partial charge in [0, 0.05) is 18.1 Å². The second-order valence-corrected chi connectivity index (χ2v) is 6.56. The van der Waals surface area contributed by atoms with Gasteiger partial charge in [0.05, 0.1) is 0 Å². The first-order valence-corrected chi connectivity index (χ1v) is 7.67. The molecule has 0 aromatic heterocycles. The summed E-state index contributed by atoms with van der Waals surface area (Å²) in [7, 11) is 4.47. The number of nitrogens with one attached hydrogen (secondary N) is 1. The second-order valence-electron chi connectivity index (χ2n) is 6.56. The third kappa shape index (κ3) is 2.56. The Hall–Kier alpha value is -0.860. The van der Waals surface area contributed by atoms with E-state index in [1.54, 1.807) is 11.1 Å². The Kier molecular flexibility index (Phi) is 3.64. The van der Waals surface area contributed by atoms with Crippen LogP contribution in [0.5, 0.6) is 0 Å². The molecule has 2 nitrogen and oxygen atoms in total. The molecule has 2 aliphatic rings. The molecule has 0 heterocycles. The molecule has 0 spiro atoms. The van der Waals surface area contributed by atoms with E-state index in [-0.39, 0.29) is 0 Å². The first kappa shape index (κ1) is 13.1. The molecule has 1 atom stereocenters. The summed E-state index contributed by atoms with van der Waals surface area (Å²) in [6, 6.07) is 9.61. The molecule has 19 heavy (non-hydrogen) atoms. The highest BCUT2D eigenvalue weighted by Gasteiger charge is 2.39. The highest BCUT2D eigenvalue weighted by molar-refractivity contribution is 5.30. The molecule has 0 radical (unpaired) electrons. The largest absolute Gasteiger partial charge is 0.312 e. The molecule has 1 aromatic carbocycles. The predicted octanol–water partition coefficient (Wildman–Crippen LogP) is 2.62. The number of rotatable bonds is 4. The van der Waals surface area contributed by atoms with E-state index in [1.165, 1.54) is 38.5 Å². The minimum atomic E-state index is 0.441. The first-order valence-electron chi connectivity index (χ1n) is 7.67. The molecular weight excluding hydrogens is 232 g/mol. The van der Waals surface area contributed by atoms with Gasteiger partial charge < -0.3 is 10.2 Å². The van der Waals surface area contributed by atoms with Crippen LogP contribution in [0.4, 0.5) is 0 Å². The molecule has 2 aliphatic carbocycles. The Morgan fingerprint density at radius 2 is 1.95 bits per heavy atom. The van der Waals surface area contributed by atoms with Crippen molar-refractivity contribution in [1.82, 2.24) is 10.2 Å². The van der Waals surface area contributed by atoms with Gasteiger partial charge in [-0.15, -0.1) is 0 Å². The number of nitrogens with zero attached hydrogens (tertiary/aromatic N) is 1. The van der Waals surface area contributed by atoms with Crippen LogP contribution >= 0.6 is 0 Å². The van der Waals surface area contributed by atoms with E-state index in [2.05, 4.69) is 48.6 Å². The zero-order valence-electron chi connectivity index (χ0n) is 12.3. The molecular formula is C17H26N2. The molecule has 2 heteroatoms. The lowest BCUT2D eigenvalue weighted by molar-refractivity contribution is 0.0565. The van der Waals surface area contributed by atoms with Crippen molar-refractivity contribution in [1.29, 1.82) is 0 Å². The van der Waals surface area contributed by atoms with Gasteiger partial charge in [-0.3, -0.25) is 0 Å². The van der Waals surface area contributed by atoms with Gasteiger partial charge in [-0.25, -0.2) is 0 Å². The summed E-state index contributed by atoms with van der Waals surface area (Å²) in [4.78, 5) is 2.43. The van der Waals surface area contributed by atoms with Crippen molar-refractivity contribution >= 4 is 0 Å². The molecule has 0 saturated heterocycles. The maximum atomic E-state index is 3.84. The molecule has 1 N–H and O–H groups in total. The van der Waals surface area contributed by atoms with Crippen LogP contribution in [-0.4, -0.2) is 37.1 Å². The number of benzene rings is 1. The van der Waals surface area contributed by atoms with Crippen LogP contribution in [0.15, 0.2) is 24.3 Å². The van der Waals surface area contributed by atoms with Crippen LogP contribution < -0.4 is 5.32 Å². The summed E-state index contributed by atoms with van der Waals surface area (Å²) < 4.78 is 0. The Labute approximate surface area is 117 Å². The lowest BCUT2D eigenvalue weighted by atomic mass is 9.75. The standard InChI is InChI=1S/C17H26N2/c1-19(2)17(10-5-11-17)13-18-16-9-8-14-6-3-4-7-15(14)12-16/h3-4,6-7,16,18H,5,8-13H2,1-2H3. The Morgan fingerprint density at radius 1 is 1.21 bits per heavy atom. The first-order chi connectivity index (χ1) is 9.20. The Morgan fingerprint density at radius 3 is 2.58 bits per heavy atom. The second kappa shape index (κ2) is 5.26. The van der Waals surface area contributed by atoms with E-state index >= 15 is 0 Å². The van der Waals surface area contributed by atoms with Gasteiger partial charge >= 0.3 is 0 Å². The van der Waals surface area contributed by atoms with Crippen molar-refractivity contribution in [3.8, 4) is 0 Å². The highest BCUT2D eigenvalue weighted by Crippen LogP contribution is 2.35. The van der Waals surface area contributed by atoms with Crippen molar-refractivity contribution in [2.24, 2.45) is 0 Å². The van der Waals surface area contributed by atoms with E-state index in [1.807, 2.05) is 0 Å². The van der Waals surface area contributed by atoms with E-state index < -0.39 is 0 Å². The third-order valence-electron chi connectivity index (χ3n) is 5.30. The average molecular weight is 258 g/mol. The summed E-state index contributed by atoms with van der Waals surface area (Å²) in [5.74, 6) is 0. The maximum Gasteiger partial charge on any atom is 0.0328 e. The molecule has 1 fully saturated rings. The number of hydrogen-bond acceptors (Lipinski definition) is 2. The van der Waals surface area contributed by atoms with Crippen molar-refractivity contribution in [2.75, 3.05) is 20.6 Å². The quantitative estimate of drug-likeness (QED) is 0.893. The van der Waals surface area contributed by atoms with Crippen LogP contribution in [0.1, 0.15) is 36.8 Å². The van der Waals surface area contributed by atoms with Gasteiger partial charge in [0.25, 0.3) is 0 Å². The van der Waals surface area contributed by atoms with Crippen molar-refractivity contribution in [3.63, 3.8) is 0 Å². The van der Waals surface area contributed by atoms with Crippen molar-refractivity contribution in [3.05, 3.63) is 35.4 Å². The molecule has 0 bridgehead atoms. The van der Waals surface area contributed by atoms with E-state index in [0.29, 0.717) is 11.6 Å². The molecule has 1 aromatic rings. The fraction of sp³-hybridized carbons (Fsp3) is 0.647. The summed E-state index contributed by atoms with van der Waals surface area (Å²) in [6.07, 6.45) is 7.85. The van der Waals surface area contributed by atoms with E-state index in [4.69, 9.17) is 0 Å². The number of fused-ring (bicyclic) bond motifs is 1. The molecule has 1 unspecified atom stereocenters. The molecule has 3 rings (SSSR count). The van der Waals surface area contributed by atoms with Crippen LogP contribution in [0.25, 0.3) is 0 Å². The van der Waals surface area contributed by atoms with E-state index in [0.717, 1.165) is 6.54 Å². The molecule has 104 valence electrons. The topological polar surface area (TPSA) is 15.3 Å². The van der Waals surface area contributed by atoms with Gasteiger partial charge in [-0.05, 0) is 63.7 Å². The normalized spacial score (nSPS) is 24.9. The zero-order chi connectivity index (χ0) is 13.3. The average Bonchev–Trinajstić information content (AvgIpc) is 2.37. The van der Waals surface area contributed by atoms with Crippen LogP contribution in [0, 0.1) is 0 Å². The maximum absolute atomic E-state index is 3.84. The van der Waals surface area contributed by atoms with Gasteiger partial charge in [-0.2, -0.15) is 0 Å². The Balaban J connectivity index is 1.58. The molecule has 0 aliphatic heterocycles. The van der Waals surface area contributed by atoms with Crippen molar-refractivity contribution < 1.29 is 0 Å². The summed E-state index contributed by atoms with van der Waals surface area (Å²) >= 11 is 0. The number of aryl methyl sites for hydroxylation is 1. The monoisotopic (exact) mass is 258 g/mol. The molecule has 0 amide bonds. The third-order valence-corrected chi connectivity index (χ3v) is 5.30. The van der Waals surface area contributed by atoms with Gasteiger partial charge in [0.15, 0.2) is 0 Å². The number of likely N-dealkylation sites (N-methyl/N-ethyl adjacent to an activating group) is 1. The minimum absolute atomic E-state index is 0.441. The van der Waals surface area contributed by atoms with Crippen LogP contribution in [0.2, 0.25) is 0 Å². The van der Waals surface area contributed by atoms with Crippen molar-refractivity contribution in [2.45, 2.75) is 50.1 Å². The zero-order valence-corrected chi connectivity index (χ0v) is 12.3. The minimum Gasteiger partial charge on any atom is -0.312 e. The highest BCUT2D eigenvalue weighted by atomic mass is 15.2. The lowest BCUT2D eigenvalue weighted by Crippen LogP contribution is -2.58. The summed E-state index contributed by atoms with van der Waals surface area (Å²) in [6.45, 7) is 1.16.